The summed E-state index contributed by atoms with van der Waals surface area (Å²) >= 11 is 0. The lowest BCUT2D eigenvalue weighted by molar-refractivity contribution is 0.323. The number of nitrogens with two attached hydrogens (primary N) is 1. The molecular formula is C16H27N3O4S2. The van der Waals surface area contributed by atoms with Gasteiger partial charge in [-0.3, -0.25) is 0 Å². The molecule has 0 spiro atoms. The molecule has 9 heteroatoms. The first kappa shape index (κ1) is 20.2. The second-order valence-electron chi connectivity index (χ2n) is 6.88. The smallest absolute Gasteiger partial charge is 0.238 e. The first-order valence-electron chi connectivity index (χ1n) is 8.46. The third-order valence-corrected chi connectivity index (χ3v) is 7.41. The molecule has 0 atom stereocenters. The minimum Gasteiger partial charge on any atom is -0.385 e. The highest BCUT2D eigenvalue weighted by Gasteiger charge is 2.26. The average Bonchev–Trinajstić information content (AvgIpc) is 2.53. The first-order valence-corrected chi connectivity index (χ1v) is 11.5. The van der Waals surface area contributed by atoms with Crippen LogP contribution in [0.5, 0.6) is 0 Å². The van der Waals surface area contributed by atoms with Gasteiger partial charge in [0.15, 0.2) is 0 Å². The Bertz CT molecular complexity index is 766. The largest absolute Gasteiger partial charge is 0.385 e. The van der Waals surface area contributed by atoms with Gasteiger partial charge in [0.05, 0.1) is 10.1 Å². The summed E-state index contributed by atoms with van der Waals surface area (Å²) in [7, 11) is -6.88. The molecule has 1 saturated carbocycles. The Kier molecular flexibility index (Phi) is 6.47. The number of primary sulfonamides is 1. The second kappa shape index (κ2) is 8.03. The maximum atomic E-state index is 11.9. The molecule has 0 heterocycles. The van der Waals surface area contributed by atoms with E-state index >= 15 is 0 Å². The van der Waals surface area contributed by atoms with E-state index in [1.54, 1.807) is 26.0 Å². The second-order valence-corrected chi connectivity index (χ2v) is 10.7. The van der Waals surface area contributed by atoms with Gasteiger partial charge in [-0.15, -0.1) is 0 Å². The van der Waals surface area contributed by atoms with Crippen LogP contribution in [0.3, 0.4) is 0 Å². The third-order valence-electron chi connectivity index (χ3n) is 4.58. The summed E-state index contributed by atoms with van der Waals surface area (Å²) in [6, 6.07) is 6.38. The maximum absolute atomic E-state index is 11.9. The van der Waals surface area contributed by atoms with Crippen LogP contribution in [-0.4, -0.2) is 34.7 Å². The monoisotopic (exact) mass is 389 g/mol. The van der Waals surface area contributed by atoms with Gasteiger partial charge < -0.3 is 5.32 Å². The lowest BCUT2D eigenvalue weighted by atomic mass is 9.86. The topological polar surface area (TPSA) is 118 Å². The van der Waals surface area contributed by atoms with Crippen LogP contribution < -0.4 is 15.2 Å². The van der Waals surface area contributed by atoms with Gasteiger partial charge in [-0.05, 0) is 69.7 Å². The molecule has 1 aliphatic carbocycles. The van der Waals surface area contributed by atoms with E-state index in [2.05, 4.69) is 10.0 Å². The van der Waals surface area contributed by atoms with E-state index in [1.165, 1.54) is 12.1 Å². The summed E-state index contributed by atoms with van der Waals surface area (Å²) in [4.78, 5) is 0.0935. The zero-order valence-corrected chi connectivity index (χ0v) is 16.2. The van der Waals surface area contributed by atoms with Crippen molar-refractivity contribution in [2.45, 2.75) is 55.7 Å². The highest BCUT2D eigenvalue weighted by Crippen LogP contribution is 2.25. The molecule has 1 aromatic carbocycles. The Morgan fingerprint density at radius 1 is 1.04 bits per heavy atom. The molecule has 0 aromatic heterocycles. The van der Waals surface area contributed by atoms with Crippen molar-refractivity contribution in [3.63, 3.8) is 0 Å². The van der Waals surface area contributed by atoms with Gasteiger partial charge in [-0.1, -0.05) is 0 Å². The van der Waals surface area contributed by atoms with Gasteiger partial charge in [0, 0.05) is 18.3 Å². The van der Waals surface area contributed by atoms with Gasteiger partial charge in [0.25, 0.3) is 0 Å². The molecular weight excluding hydrogens is 362 g/mol. The summed E-state index contributed by atoms with van der Waals surface area (Å²) < 4.78 is 49.1. The quantitative estimate of drug-likeness (QED) is 0.655. The van der Waals surface area contributed by atoms with Crippen molar-refractivity contribution >= 4 is 25.7 Å². The van der Waals surface area contributed by atoms with Crippen LogP contribution in [-0.2, 0) is 20.0 Å². The SMILES string of the molecule is CC(C)S(=O)(=O)NC1CCC(CNc2ccc(S(N)(=O)=O)cc2)CC1. The summed E-state index contributed by atoms with van der Waals surface area (Å²) in [6.45, 7) is 4.14. The zero-order valence-electron chi connectivity index (χ0n) is 14.6. The van der Waals surface area contributed by atoms with Gasteiger partial charge in [-0.25, -0.2) is 26.7 Å². The fourth-order valence-corrected chi connectivity index (χ4v) is 4.37. The number of sulfonamides is 2. The Labute approximate surface area is 150 Å². The molecule has 1 aromatic rings. The highest BCUT2D eigenvalue weighted by atomic mass is 32.2. The van der Waals surface area contributed by atoms with Crippen molar-refractivity contribution in [2.24, 2.45) is 11.1 Å². The normalized spacial score (nSPS) is 22.1. The predicted octanol–water partition coefficient (Wildman–Crippen LogP) is 1.63. The van der Waals surface area contributed by atoms with Crippen LogP contribution in [0.4, 0.5) is 5.69 Å². The fourth-order valence-electron chi connectivity index (χ4n) is 2.88. The highest BCUT2D eigenvalue weighted by molar-refractivity contribution is 7.90. The molecule has 4 N–H and O–H groups in total. The Morgan fingerprint density at radius 2 is 1.60 bits per heavy atom. The van der Waals surface area contributed by atoms with Crippen molar-refractivity contribution in [2.75, 3.05) is 11.9 Å². The van der Waals surface area contributed by atoms with E-state index in [4.69, 9.17) is 5.14 Å². The first-order chi connectivity index (χ1) is 11.6. The van der Waals surface area contributed by atoms with Crippen LogP contribution in [0, 0.1) is 5.92 Å². The van der Waals surface area contributed by atoms with Crippen molar-refractivity contribution < 1.29 is 16.8 Å². The van der Waals surface area contributed by atoms with E-state index in [1.807, 2.05) is 0 Å². The Morgan fingerprint density at radius 3 is 2.08 bits per heavy atom. The summed E-state index contributed by atoms with van der Waals surface area (Å²) in [6.07, 6.45) is 3.58. The van der Waals surface area contributed by atoms with Gasteiger partial charge >= 0.3 is 0 Å². The molecule has 0 bridgehead atoms. The standard InChI is InChI=1S/C16H27N3O4S2/c1-12(2)25(22,23)19-15-5-3-13(4-6-15)11-18-14-7-9-16(10-8-14)24(17,20)21/h7-10,12-13,15,18-19H,3-6,11H2,1-2H3,(H2,17,20,21). The number of hydrogen-bond donors (Lipinski definition) is 3. The van der Waals surface area contributed by atoms with Crippen LogP contribution in [0.25, 0.3) is 0 Å². The third kappa shape index (κ3) is 5.95. The summed E-state index contributed by atoms with van der Waals surface area (Å²) in [5, 5.41) is 7.97. The van der Waals surface area contributed by atoms with Gasteiger partial charge in [0.1, 0.15) is 0 Å². The zero-order chi connectivity index (χ0) is 18.7. The van der Waals surface area contributed by atoms with Crippen molar-refractivity contribution in [3.05, 3.63) is 24.3 Å². The van der Waals surface area contributed by atoms with E-state index in [0.29, 0.717) is 5.92 Å². The molecule has 0 unspecified atom stereocenters. The lowest BCUT2D eigenvalue weighted by Gasteiger charge is -2.29. The van der Waals surface area contributed by atoms with Crippen LogP contribution >= 0.6 is 0 Å². The van der Waals surface area contributed by atoms with Crippen LogP contribution in [0.2, 0.25) is 0 Å². The minimum atomic E-state index is -3.67. The summed E-state index contributed by atoms with van der Waals surface area (Å²) in [5.41, 5.74) is 0.843. The maximum Gasteiger partial charge on any atom is 0.238 e. The molecule has 0 radical (unpaired) electrons. The van der Waals surface area contributed by atoms with Gasteiger partial charge in [0.2, 0.25) is 20.0 Å². The number of anilines is 1. The minimum absolute atomic E-state index is 0.0256. The molecule has 2 rings (SSSR count). The fraction of sp³-hybridized carbons (Fsp3) is 0.625. The molecule has 25 heavy (non-hydrogen) atoms. The number of rotatable bonds is 7. The van der Waals surface area contributed by atoms with E-state index < -0.39 is 25.3 Å². The number of nitrogens with one attached hydrogen (secondary N) is 2. The van der Waals surface area contributed by atoms with E-state index in [9.17, 15) is 16.8 Å². The summed E-state index contributed by atoms with van der Waals surface area (Å²) in [5.74, 6) is 0.470. The van der Waals surface area contributed by atoms with Crippen molar-refractivity contribution in [3.8, 4) is 0 Å². The van der Waals surface area contributed by atoms with Crippen LogP contribution in [0.15, 0.2) is 29.2 Å². The van der Waals surface area contributed by atoms with Crippen LogP contribution in [0.1, 0.15) is 39.5 Å². The average molecular weight is 390 g/mol. The molecule has 1 fully saturated rings. The lowest BCUT2D eigenvalue weighted by Crippen LogP contribution is -2.41. The van der Waals surface area contributed by atoms with Crippen molar-refractivity contribution in [1.82, 2.24) is 4.72 Å². The number of benzene rings is 1. The van der Waals surface area contributed by atoms with E-state index in [-0.39, 0.29) is 10.9 Å². The van der Waals surface area contributed by atoms with E-state index in [0.717, 1.165) is 37.9 Å². The Balaban J connectivity index is 1.79. The predicted molar refractivity (Wildman–Crippen MR) is 99.2 cm³/mol. The Hall–Kier alpha value is -1.16. The molecule has 0 amide bonds. The molecule has 0 aliphatic heterocycles. The van der Waals surface area contributed by atoms with Gasteiger partial charge in [-0.2, -0.15) is 0 Å². The molecule has 0 saturated heterocycles. The van der Waals surface area contributed by atoms with Crippen molar-refractivity contribution in [1.29, 1.82) is 0 Å². The molecule has 7 nitrogen and oxygen atoms in total. The number of hydrogen-bond acceptors (Lipinski definition) is 5. The molecule has 142 valence electrons. The molecule has 1 aliphatic rings.